The predicted octanol–water partition coefficient (Wildman–Crippen LogP) is 4.16. The lowest BCUT2D eigenvalue weighted by Gasteiger charge is -2.51. The predicted molar refractivity (Wildman–Crippen MR) is 133 cm³/mol. The highest BCUT2D eigenvalue weighted by Crippen LogP contribution is 2.50. The molecule has 1 N–H and O–H groups in total. The monoisotopic (exact) mass is 473 g/mol. The average molecular weight is 474 g/mol. The Morgan fingerprint density at radius 3 is 2.66 bits per heavy atom. The fourth-order valence-corrected chi connectivity index (χ4v) is 5.84. The van der Waals surface area contributed by atoms with Gasteiger partial charge < -0.3 is 24.3 Å². The van der Waals surface area contributed by atoms with Crippen molar-refractivity contribution in [1.29, 1.82) is 0 Å². The van der Waals surface area contributed by atoms with Gasteiger partial charge in [-0.25, -0.2) is 0 Å². The van der Waals surface area contributed by atoms with Crippen LogP contribution in [0.2, 0.25) is 0 Å². The first-order valence-electron chi connectivity index (χ1n) is 12.5. The minimum Gasteiger partial charge on any atom is -0.493 e. The number of rotatable bonds is 6. The van der Waals surface area contributed by atoms with E-state index in [4.69, 9.17) is 9.47 Å². The highest BCUT2D eigenvalue weighted by Gasteiger charge is 2.58. The molecular weight excluding hydrogens is 442 g/mol. The summed E-state index contributed by atoms with van der Waals surface area (Å²) in [6.07, 6.45) is 2.86. The molecule has 6 rings (SSSR count). The van der Waals surface area contributed by atoms with Crippen molar-refractivity contribution in [1.82, 2.24) is 14.8 Å². The average Bonchev–Trinajstić information content (AvgIpc) is 3.64. The number of carbonyl (C=O) groups is 2. The van der Waals surface area contributed by atoms with Crippen LogP contribution < -0.4 is 9.47 Å². The molecule has 3 aromatic rings. The van der Waals surface area contributed by atoms with E-state index >= 15 is 0 Å². The van der Waals surface area contributed by atoms with E-state index in [0.717, 1.165) is 47.0 Å². The molecule has 7 nitrogen and oxygen atoms in total. The number of piperazine rings is 1. The number of benzene rings is 2. The van der Waals surface area contributed by atoms with Gasteiger partial charge in [-0.15, -0.1) is 0 Å². The summed E-state index contributed by atoms with van der Waals surface area (Å²) in [6.45, 7) is 5.20. The van der Waals surface area contributed by atoms with Gasteiger partial charge in [0, 0.05) is 29.4 Å². The van der Waals surface area contributed by atoms with Crippen LogP contribution in [0.1, 0.15) is 55.8 Å². The van der Waals surface area contributed by atoms with Crippen LogP contribution in [0.5, 0.6) is 11.5 Å². The van der Waals surface area contributed by atoms with E-state index in [2.05, 4.69) is 24.0 Å². The van der Waals surface area contributed by atoms with Gasteiger partial charge in [0.05, 0.1) is 19.4 Å². The molecule has 7 heteroatoms. The molecule has 0 spiro atoms. The maximum Gasteiger partial charge on any atom is 0.255 e. The Morgan fingerprint density at radius 2 is 1.91 bits per heavy atom. The van der Waals surface area contributed by atoms with Crippen LogP contribution in [0.25, 0.3) is 10.9 Å². The summed E-state index contributed by atoms with van der Waals surface area (Å²) in [5.74, 6) is 1.30. The summed E-state index contributed by atoms with van der Waals surface area (Å²) in [5.41, 5.74) is 2.87. The van der Waals surface area contributed by atoms with Gasteiger partial charge in [0.15, 0.2) is 17.0 Å². The SMILES string of the molecule is CCCOc1ccc([C@H]2CN3C(=O)CN(C4CC4)C(=O)[C@]3(C)c3[nH]c4ccccc4c32)cc1OC. The number of para-hydroxylation sites is 1. The van der Waals surface area contributed by atoms with Crippen molar-refractivity contribution in [3.63, 3.8) is 0 Å². The number of fused-ring (bicyclic) bond motifs is 5. The number of aromatic amines is 1. The summed E-state index contributed by atoms with van der Waals surface area (Å²) in [7, 11) is 1.65. The normalized spacial score (nSPS) is 23.9. The van der Waals surface area contributed by atoms with Crippen molar-refractivity contribution in [2.24, 2.45) is 0 Å². The molecule has 2 fully saturated rings. The number of methoxy groups -OCH3 is 1. The van der Waals surface area contributed by atoms with Crippen LogP contribution in [-0.4, -0.2) is 59.4 Å². The van der Waals surface area contributed by atoms with Gasteiger partial charge >= 0.3 is 0 Å². The number of nitrogens with one attached hydrogen (secondary N) is 1. The number of amides is 2. The van der Waals surface area contributed by atoms with Gasteiger partial charge in [-0.1, -0.05) is 31.2 Å². The van der Waals surface area contributed by atoms with Crippen molar-refractivity contribution < 1.29 is 19.1 Å². The second-order valence-corrected chi connectivity index (χ2v) is 10.0. The molecule has 3 heterocycles. The van der Waals surface area contributed by atoms with E-state index in [1.807, 2.05) is 37.3 Å². The zero-order chi connectivity index (χ0) is 24.3. The first-order valence-corrected chi connectivity index (χ1v) is 12.5. The van der Waals surface area contributed by atoms with Crippen molar-refractivity contribution >= 4 is 22.7 Å². The van der Waals surface area contributed by atoms with E-state index in [1.165, 1.54) is 0 Å². The maximum absolute atomic E-state index is 13.9. The van der Waals surface area contributed by atoms with Crippen molar-refractivity contribution in [2.75, 3.05) is 26.8 Å². The van der Waals surface area contributed by atoms with E-state index < -0.39 is 5.54 Å². The quantitative estimate of drug-likeness (QED) is 0.583. The number of H-pyrrole nitrogens is 1. The fraction of sp³-hybridized carbons (Fsp3) is 0.429. The number of hydrogen-bond donors (Lipinski definition) is 1. The molecule has 3 aliphatic rings. The number of ether oxygens (including phenoxy) is 2. The molecular formula is C28H31N3O4. The van der Waals surface area contributed by atoms with Crippen LogP contribution in [0.3, 0.4) is 0 Å². The summed E-state index contributed by atoms with van der Waals surface area (Å²) >= 11 is 0. The smallest absolute Gasteiger partial charge is 0.255 e. The summed E-state index contributed by atoms with van der Waals surface area (Å²) in [6, 6.07) is 14.4. The van der Waals surface area contributed by atoms with E-state index in [-0.39, 0.29) is 30.3 Å². The minimum absolute atomic E-state index is 0.00294. The highest BCUT2D eigenvalue weighted by atomic mass is 16.5. The van der Waals surface area contributed by atoms with Crippen molar-refractivity contribution in [3.8, 4) is 11.5 Å². The third kappa shape index (κ3) is 3.24. The Labute approximate surface area is 205 Å². The lowest BCUT2D eigenvalue weighted by molar-refractivity contribution is -0.166. The van der Waals surface area contributed by atoms with E-state index in [0.29, 0.717) is 24.7 Å². The van der Waals surface area contributed by atoms with Gasteiger partial charge in [0.25, 0.3) is 5.91 Å². The lowest BCUT2D eigenvalue weighted by atomic mass is 9.76. The number of aromatic nitrogens is 1. The zero-order valence-corrected chi connectivity index (χ0v) is 20.5. The molecule has 0 bridgehead atoms. The Hall–Kier alpha value is -3.48. The zero-order valence-electron chi connectivity index (χ0n) is 20.5. The second-order valence-electron chi connectivity index (χ2n) is 10.0. The van der Waals surface area contributed by atoms with E-state index in [9.17, 15) is 9.59 Å². The van der Waals surface area contributed by atoms with Crippen LogP contribution in [0, 0.1) is 0 Å². The summed E-state index contributed by atoms with van der Waals surface area (Å²) in [5, 5.41) is 1.09. The second kappa shape index (κ2) is 8.04. The molecule has 182 valence electrons. The minimum atomic E-state index is -1.04. The first-order chi connectivity index (χ1) is 17.0. The van der Waals surface area contributed by atoms with Crippen LogP contribution in [0.4, 0.5) is 0 Å². The number of carbonyl (C=O) groups excluding carboxylic acids is 2. The van der Waals surface area contributed by atoms with Crippen molar-refractivity contribution in [3.05, 3.63) is 59.3 Å². The molecule has 2 aromatic carbocycles. The third-order valence-corrected chi connectivity index (χ3v) is 7.81. The topological polar surface area (TPSA) is 74.9 Å². The molecule has 2 aliphatic heterocycles. The molecule has 35 heavy (non-hydrogen) atoms. The third-order valence-electron chi connectivity index (χ3n) is 7.81. The number of nitrogens with zero attached hydrogens (tertiary/aromatic N) is 2. The van der Waals surface area contributed by atoms with Gasteiger partial charge in [-0.05, 0) is 55.5 Å². The molecule has 1 aliphatic carbocycles. The standard InChI is InChI=1S/C28H31N3O4/c1-4-13-35-22-12-9-17(14-23(22)34-3)20-15-31-24(32)16-30(18-10-11-18)27(33)28(31,2)26-25(20)19-7-5-6-8-21(19)29-26/h5-9,12,14,18,20,29H,4,10-11,13,15-16H2,1-3H3/t20-,28+/m1/s1. The Kier molecular flexibility index (Phi) is 5.06. The molecule has 0 unspecified atom stereocenters. The summed E-state index contributed by atoms with van der Waals surface area (Å²) in [4.78, 5) is 34.6. The largest absolute Gasteiger partial charge is 0.493 e. The lowest BCUT2D eigenvalue weighted by Crippen LogP contribution is -2.67. The molecule has 1 aromatic heterocycles. The molecule has 2 atom stereocenters. The van der Waals surface area contributed by atoms with Gasteiger partial charge in [0.2, 0.25) is 5.91 Å². The molecule has 0 radical (unpaired) electrons. The molecule has 1 saturated carbocycles. The summed E-state index contributed by atoms with van der Waals surface area (Å²) < 4.78 is 11.5. The van der Waals surface area contributed by atoms with Gasteiger partial charge in [-0.3, -0.25) is 9.59 Å². The van der Waals surface area contributed by atoms with Gasteiger partial charge in [0.1, 0.15) is 6.54 Å². The van der Waals surface area contributed by atoms with E-state index in [1.54, 1.807) is 16.9 Å². The van der Waals surface area contributed by atoms with Gasteiger partial charge in [-0.2, -0.15) is 0 Å². The fourth-order valence-electron chi connectivity index (χ4n) is 5.84. The Bertz CT molecular complexity index is 1330. The Morgan fingerprint density at radius 1 is 1.11 bits per heavy atom. The van der Waals surface area contributed by atoms with Crippen LogP contribution in [0.15, 0.2) is 42.5 Å². The Balaban J connectivity index is 1.52. The molecule has 2 amide bonds. The maximum atomic E-state index is 13.9. The first kappa shape index (κ1) is 22.0. The van der Waals surface area contributed by atoms with Crippen LogP contribution >= 0.6 is 0 Å². The van der Waals surface area contributed by atoms with Crippen molar-refractivity contribution in [2.45, 2.75) is 50.6 Å². The number of hydrogen-bond acceptors (Lipinski definition) is 4. The highest BCUT2D eigenvalue weighted by molar-refractivity contribution is 6.01. The van der Waals surface area contributed by atoms with Crippen LogP contribution in [-0.2, 0) is 15.1 Å². The molecule has 1 saturated heterocycles.